The third-order valence-electron chi connectivity index (χ3n) is 3.21. The zero-order valence-electron chi connectivity index (χ0n) is 11.9. The van der Waals surface area contributed by atoms with Crippen LogP contribution >= 0.6 is 11.6 Å². The van der Waals surface area contributed by atoms with Crippen LogP contribution in [0.5, 0.6) is 17.2 Å². The third kappa shape index (κ3) is 2.94. The summed E-state index contributed by atoms with van der Waals surface area (Å²) in [6.07, 6.45) is 0. The maximum absolute atomic E-state index is 12.3. The minimum absolute atomic E-state index is 0.274. The van der Waals surface area contributed by atoms with Crippen LogP contribution in [0, 0.1) is 0 Å². The number of hydrogen-bond acceptors (Lipinski definition) is 4. The molecule has 0 saturated heterocycles. The Hall–Kier alpha value is -2.40. The number of methoxy groups -OCH3 is 1. The molecule has 1 aliphatic rings. The van der Waals surface area contributed by atoms with E-state index in [1.165, 1.54) is 0 Å². The van der Waals surface area contributed by atoms with Crippen LogP contribution in [-0.2, 0) is 0 Å². The molecule has 114 valence electrons. The molecule has 0 saturated carbocycles. The smallest absolute Gasteiger partial charge is 0.255 e. The summed E-state index contributed by atoms with van der Waals surface area (Å²) in [5.74, 6) is 1.41. The number of benzene rings is 2. The van der Waals surface area contributed by atoms with E-state index in [2.05, 4.69) is 5.32 Å². The Labute approximate surface area is 132 Å². The molecule has 0 aromatic heterocycles. The van der Waals surface area contributed by atoms with Crippen molar-refractivity contribution in [2.45, 2.75) is 0 Å². The molecule has 0 spiro atoms. The molecule has 22 heavy (non-hydrogen) atoms. The van der Waals surface area contributed by atoms with Gasteiger partial charge in [-0.25, -0.2) is 0 Å². The van der Waals surface area contributed by atoms with E-state index in [1.807, 2.05) is 0 Å². The van der Waals surface area contributed by atoms with Gasteiger partial charge >= 0.3 is 0 Å². The first-order chi connectivity index (χ1) is 10.7. The van der Waals surface area contributed by atoms with E-state index < -0.39 is 0 Å². The van der Waals surface area contributed by atoms with Gasteiger partial charge in [0.2, 0.25) is 0 Å². The molecule has 6 heteroatoms. The average Bonchev–Trinajstić information content (AvgIpc) is 2.55. The van der Waals surface area contributed by atoms with Crippen molar-refractivity contribution in [2.24, 2.45) is 0 Å². The molecule has 0 atom stereocenters. The Kier molecular flexibility index (Phi) is 4.06. The van der Waals surface area contributed by atoms with E-state index in [-0.39, 0.29) is 5.91 Å². The number of hydrogen-bond donors (Lipinski definition) is 1. The molecule has 2 aromatic rings. The SMILES string of the molecule is COc1ccc(NC(=O)c2cc(Cl)c3c(c2)OCCO3)cc1. The molecule has 1 N–H and O–H groups in total. The van der Waals surface area contributed by atoms with Crippen LogP contribution in [0.15, 0.2) is 36.4 Å². The Balaban J connectivity index is 1.81. The molecule has 1 heterocycles. The Bertz CT molecular complexity index is 700. The Morgan fingerprint density at radius 3 is 2.64 bits per heavy atom. The highest BCUT2D eigenvalue weighted by Crippen LogP contribution is 2.38. The second-order valence-corrected chi connectivity index (χ2v) is 5.07. The van der Waals surface area contributed by atoms with Crippen LogP contribution in [0.4, 0.5) is 5.69 Å². The number of carbonyl (C=O) groups excluding carboxylic acids is 1. The summed E-state index contributed by atoms with van der Waals surface area (Å²) in [6, 6.07) is 10.2. The van der Waals surface area contributed by atoms with Gasteiger partial charge in [0.05, 0.1) is 12.1 Å². The molecule has 1 aliphatic heterocycles. The number of nitrogens with one attached hydrogen (secondary N) is 1. The monoisotopic (exact) mass is 319 g/mol. The van der Waals surface area contributed by atoms with Gasteiger partial charge in [0.25, 0.3) is 5.91 Å². The van der Waals surface area contributed by atoms with Crippen LogP contribution in [0.25, 0.3) is 0 Å². The number of amides is 1. The largest absolute Gasteiger partial charge is 0.497 e. The van der Waals surface area contributed by atoms with Gasteiger partial charge in [-0.1, -0.05) is 11.6 Å². The second-order valence-electron chi connectivity index (χ2n) is 4.66. The van der Waals surface area contributed by atoms with Crippen LogP contribution in [-0.4, -0.2) is 26.2 Å². The van der Waals surface area contributed by atoms with Crippen LogP contribution in [0.3, 0.4) is 0 Å². The molecule has 0 bridgehead atoms. The number of rotatable bonds is 3. The summed E-state index contributed by atoms with van der Waals surface area (Å²) in [5, 5.41) is 3.15. The van der Waals surface area contributed by atoms with Crippen molar-refractivity contribution in [3.63, 3.8) is 0 Å². The van der Waals surface area contributed by atoms with Gasteiger partial charge in [-0.05, 0) is 36.4 Å². The second kappa shape index (κ2) is 6.15. The van der Waals surface area contributed by atoms with E-state index >= 15 is 0 Å². The number of halogens is 1. The van der Waals surface area contributed by atoms with Gasteiger partial charge < -0.3 is 19.5 Å². The van der Waals surface area contributed by atoms with Gasteiger partial charge in [0.15, 0.2) is 11.5 Å². The molecule has 3 rings (SSSR count). The van der Waals surface area contributed by atoms with Crippen LogP contribution in [0.2, 0.25) is 5.02 Å². The number of fused-ring (bicyclic) bond motifs is 1. The molecule has 5 nitrogen and oxygen atoms in total. The van der Waals surface area contributed by atoms with Crippen molar-refractivity contribution >= 4 is 23.2 Å². The number of carbonyl (C=O) groups is 1. The van der Waals surface area contributed by atoms with Crippen molar-refractivity contribution in [2.75, 3.05) is 25.6 Å². The fraction of sp³-hybridized carbons (Fsp3) is 0.188. The lowest BCUT2D eigenvalue weighted by molar-refractivity contribution is 0.102. The van der Waals surface area contributed by atoms with Crippen molar-refractivity contribution in [1.82, 2.24) is 0 Å². The van der Waals surface area contributed by atoms with E-state index in [9.17, 15) is 4.79 Å². The topological polar surface area (TPSA) is 56.8 Å². The fourth-order valence-corrected chi connectivity index (χ4v) is 2.38. The maximum Gasteiger partial charge on any atom is 0.255 e. The lowest BCUT2D eigenvalue weighted by Gasteiger charge is -2.20. The lowest BCUT2D eigenvalue weighted by Crippen LogP contribution is -2.17. The van der Waals surface area contributed by atoms with E-state index in [4.69, 9.17) is 25.8 Å². The first kappa shape index (κ1) is 14.5. The average molecular weight is 320 g/mol. The van der Waals surface area contributed by atoms with Gasteiger partial charge in [-0.3, -0.25) is 4.79 Å². The molecule has 0 aliphatic carbocycles. The predicted molar refractivity (Wildman–Crippen MR) is 83.4 cm³/mol. The maximum atomic E-state index is 12.3. The summed E-state index contributed by atoms with van der Waals surface area (Å²) in [4.78, 5) is 12.3. The van der Waals surface area contributed by atoms with E-state index in [1.54, 1.807) is 43.5 Å². The van der Waals surface area contributed by atoms with Crippen LogP contribution < -0.4 is 19.5 Å². The van der Waals surface area contributed by atoms with Gasteiger partial charge in [-0.2, -0.15) is 0 Å². The normalized spacial score (nSPS) is 12.6. The predicted octanol–water partition coefficient (Wildman–Crippen LogP) is 3.37. The molecule has 0 fully saturated rings. The van der Waals surface area contributed by atoms with Crippen molar-refractivity contribution < 1.29 is 19.0 Å². The van der Waals surface area contributed by atoms with Crippen molar-refractivity contribution in [3.05, 3.63) is 47.0 Å². The van der Waals surface area contributed by atoms with Gasteiger partial charge in [0, 0.05) is 11.3 Å². The summed E-state index contributed by atoms with van der Waals surface area (Å²) < 4.78 is 16.0. The van der Waals surface area contributed by atoms with E-state index in [0.29, 0.717) is 41.0 Å². The molecular formula is C16H14ClNO4. The lowest BCUT2D eigenvalue weighted by atomic mass is 10.1. The zero-order chi connectivity index (χ0) is 15.5. The summed E-state index contributed by atoms with van der Waals surface area (Å²) in [7, 11) is 1.59. The zero-order valence-corrected chi connectivity index (χ0v) is 12.6. The van der Waals surface area contributed by atoms with Crippen molar-refractivity contribution in [3.8, 4) is 17.2 Å². The minimum Gasteiger partial charge on any atom is -0.497 e. The first-order valence-electron chi connectivity index (χ1n) is 6.72. The first-order valence-corrected chi connectivity index (χ1v) is 7.10. The van der Waals surface area contributed by atoms with E-state index in [0.717, 1.165) is 5.75 Å². The molecule has 1 amide bonds. The van der Waals surface area contributed by atoms with Crippen molar-refractivity contribution in [1.29, 1.82) is 0 Å². The molecule has 0 radical (unpaired) electrons. The van der Waals surface area contributed by atoms with Gasteiger partial charge in [0.1, 0.15) is 19.0 Å². The summed E-state index contributed by atoms with van der Waals surface area (Å²) in [5.41, 5.74) is 1.07. The standard InChI is InChI=1S/C16H14ClNO4/c1-20-12-4-2-11(3-5-12)18-16(19)10-8-13(17)15-14(9-10)21-6-7-22-15/h2-5,8-9H,6-7H2,1H3,(H,18,19). The third-order valence-corrected chi connectivity index (χ3v) is 3.49. The minimum atomic E-state index is -0.274. The summed E-state index contributed by atoms with van der Waals surface area (Å²) >= 11 is 6.13. The Morgan fingerprint density at radius 2 is 1.91 bits per heavy atom. The number of ether oxygens (including phenoxy) is 3. The molecule has 2 aromatic carbocycles. The fourth-order valence-electron chi connectivity index (χ4n) is 2.12. The highest BCUT2D eigenvalue weighted by molar-refractivity contribution is 6.32. The molecule has 0 unspecified atom stereocenters. The molecular weight excluding hydrogens is 306 g/mol. The Morgan fingerprint density at radius 1 is 1.18 bits per heavy atom. The quantitative estimate of drug-likeness (QED) is 0.942. The van der Waals surface area contributed by atoms with Crippen LogP contribution in [0.1, 0.15) is 10.4 Å². The van der Waals surface area contributed by atoms with Gasteiger partial charge in [-0.15, -0.1) is 0 Å². The highest BCUT2D eigenvalue weighted by Gasteiger charge is 2.19. The number of anilines is 1. The highest BCUT2D eigenvalue weighted by atomic mass is 35.5. The summed E-state index contributed by atoms with van der Waals surface area (Å²) in [6.45, 7) is 0.886.